The number of phenolic OH excluding ortho intramolecular Hbond substituents is 1. The molecule has 3 rings (SSSR count). The maximum Gasteiger partial charge on any atom is 0.326 e. The molecule has 1 fully saturated rings. The lowest BCUT2D eigenvalue weighted by atomic mass is 10.1. The summed E-state index contributed by atoms with van der Waals surface area (Å²) in [6.07, 6.45) is -0.384. The van der Waals surface area contributed by atoms with Crippen molar-refractivity contribution in [2.45, 2.75) is 19.4 Å². The highest BCUT2D eigenvalue weighted by Crippen LogP contribution is 2.38. The highest BCUT2D eigenvalue weighted by atomic mass is 32.2. The van der Waals surface area contributed by atoms with Crippen molar-refractivity contribution < 1.29 is 31.5 Å². The number of rotatable bonds is 5. The van der Waals surface area contributed by atoms with Gasteiger partial charge >= 0.3 is 10.2 Å². The highest BCUT2D eigenvalue weighted by Gasteiger charge is 2.38. The fourth-order valence-corrected chi connectivity index (χ4v) is 3.68. The normalized spacial score (nSPS) is 16.3. The summed E-state index contributed by atoms with van der Waals surface area (Å²) in [7, 11) is -4.32. The van der Waals surface area contributed by atoms with Crippen LogP contribution in [0.3, 0.4) is 0 Å². The highest BCUT2D eigenvalue weighted by molar-refractivity contribution is 7.92. The fraction of sp³-hybridized carbons (Fsp3) is 0.286. The molecule has 0 bridgehead atoms. The average molecular weight is 390 g/mol. The fourth-order valence-electron chi connectivity index (χ4n) is 2.52. The van der Waals surface area contributed by atoms with E-state index in [-0.39, 0.29) is 17.7 Å². The Hall–Kier alpha value is -2.76. The van der Waals surface area contributed by atoms with Crippen molar-refractivity contribution in [2.75, 3.05) is 10.8 Å². The second-order valence-electron chi connectivity index (χ2n) is 5.50. The Balaban J connectivity index is 2.00. The van der Waals surface area contributed by atoms with Crippen LogP contribution in [0.15, 0.2) is 24.5 Å². The zero-order valence-electron chi connectivity index (χ0n) is 13.1. The van der Waals surface area contributed by atoms with Crippen molar-refractivity contribution >= 4 is 21.8 Å². The Morgan fingerprint density at radius 2 is 2.08 bits per heavy atom. The molecule has 2 N–H and O–H groups in total. The lowest BCUT2D eigenvalue weighted by molar-refractivity contribution is -0.117. The predicted molar refractivity (Wildman–Crippen MR) is 84.3 cm³/mol. The molecule has 0 unspecified atom stereocenters. The number of carbonyl (C=O) groups excluding carboxylic acids is 1. The van der Waals surface area contributed by atoms with E-state index in [9.17, 15) is 31.5 Å². The third kappa shape index (κ3) is 3.31. The minimum Gasteiger partial charge on any atom is -0.506 e. The van der Waals surface area contributed by atoms with Crippen molar-refractivity contribution in [1.82, 2.24) is 14.5 Å². The van der Waals surface area contributed by atoms with E-state index in [2.05, 4.69) is 5.10 Å². The van der Waals surface area contributed by atoms with E-state index >= 15 is 0 Å². The van der Waals surface area contributed by atoms with Gasteiger partial charge < -0.3 is 5.11 Å². The Kier molecular flexibility index (Phi) is 4.52. The molecule has 0 spiro atoms. The van der Waals surface area contributed by atoms with Crippen LogP contribution < -0.4 is 9.03 Å². The van der Waals surface area contributed by atoms with Crippen molar-refractivity contribution in [3.8, 4) is 16.9 Å². The molecule has 2 heterocycles. The predicted octanol–water partition coefficient (Wildman–Crippen LogP) is 1.23. The Morgan fingerprint density at radius 3 is 2.69 bits per heavy atom. The molecule has 1 aromatic carbocycles. The Morgan fingerprint density at radius 1 is 1.35 bits per heavy atom. The number of alkyl halides is 2. The summed E-state index contributed by atoms with van der Waals surface area (Å²) < 4.78 is 66.5. The van der Waals surface area contributed by atoms with Gasteiger partial charge in [-0.1, -0.05) is 0 Å². The van der Waals surface area contributed by atoms with Crippen LogP contribution in [0.25, 0.3) is 11.1 Å². The van der Waals surface area contributed by atoms with E-state index in [1.807, 2.05) is 0 Å². The standard InChI is InChI=1S/C14H13F3N4O4S/c15-11(16)3-4-20-6-8(5-18-20)9-1-2-10(22)14(13(9)17)21-7-12(23)19-26(21,24)25/h1-2,5-6,11,22H,3-4,7H2,(H,19,23). The molecule has 1 amide bonds. The number of aryl methyl sites for hydroxylation is 1. The summed E-state index contributed by atoms with van der Waals surface area (Å²) in [5, 5.41) is 13.8. The molecule has 1 saturated heterocycles. The van der Waals surface area contributed by atoms with Crippen LogP contribution in [0.1, 0.15) is 6.42 Å². The number of halogens is 3. The monoisotopic (exact) mass is 390 g/mol. The summed E-state index contributed by atoms with van der Waals surface area (Å²) >= 11 is 0. The van der Waals surface area contributed by atoms with Gasteiger partial charge in [-0.25, -0.2) is 22.2 Å². The second kappa shape index (κ2) is 6.52. The molecule has 8 nitrogen and oxygen atoms in total. The minimum absolute atomic E-state index is 0.0802. The van der Waals surface area contributed by atoms with Crippen LogP contribution in [-0.2, 0) is 21.5 Å². The first-order valence-corrected chi connectivity index (χ1v) is 8.79. The van der Waals surface area contributed by atoms with Crippen molar-refractivity contribution in [3.63, 3.8) is 0 Å². The summed E-state index contributed by atoms with van der Waals surface area (Å²) in [4.78, 5) is 11.3. The van der Waals surface area contributed by atoms with E-state index < -0.39 is 52.8 Å². The van der Waals surface area contributed by atoms with E-state index in [0.717, 1.165) is 6.07 Å². The SMILES string of the molecule is O=C1CN(c2c(O)ccc(-c3cnn(CCC(F)F)c3)c2F)S(=O)(=O)N1. The topological polar surface area (TPSA) is 105 Å². The second-order valence-corrected chi connectivity index (χ2v) is 7.10. The van der Waals surface area contributed by atoms with E-state index in [1.165, 1.54) is 23.1 Å². The zero-order valence-corrected chi connectivity index (χ0v) is 13.9. The smallest absolute Gasteiger partial charge is 0.326 e. The van der Waals surface area contributed by atoms with Gasteiger partial charge in [0, 0.05) is 30.3 Å². The third-order valence-corrected chi connectivity index (χ3v) is 5.06. The Bertz CT molecular complexity index is 961. The number of aromatic hydroxyl groups is 1. The maximum absolute atomic E-state index is 14.9. The van der Waals surface area contributed by atoms with Crippen LogP contribution in [0.4, 0.5) is 18.9 Å². The largest absolute Gasteiger partial charge is 0.506 e. The molecule has 12 heteroatoms. The van der Waals surface area contributed by atoms with Crippen molar-refractivity contribution in [2.24, 2.45) is 0 Å². The van der Waals surface area contributed by atoms with Gasteiger partial charge in [0.1, 0.15) is 18.0 Å². The van der Waals surface area contributed by atoms with Gasteiger partial charge in [-0.05, 0) is 12.1 Å². The first-order valence-electron chi connectivity index (χ1n) is 7.35. The van der Waals surface area contributed by atoms with Crippen LogP contribution >= 0.6 is 0 Å². The van der Waals surface area contributed by atoms with Crippen LogP contribution in [-0.4, -0.2) is 42.2 Å². The van der Waals surface area contributed by atoms with Gasteiger partial charge in [0.05, 0.1) is 6.20 Å². The van der Waals surface area contributed by atoms with Gasteiger partial charge in [0.25, 0.3) is 5.91 Å². The number of anilines is 1. The van der Waals surface area contributed by atoms with Crippen molar-refractivity contribution in [1.29, 1.82) is 0 Å². The van der Waals surface area contributed by atoms with E-state index in [4.69, 9.17) is 0 Å². The van der Waals surface area contributed by atoms with Gasteiger partial charge in [0.15, 0.2) is 5.82 Å². The lowest BCUT2D eigenvalue weighted by Gasteiger charge is -2.18. The summed E-state index contributed by atoms with van der Waals surface area (Å²) in [6, 6.07) is 2.27. The number of benzene rings is 1. The molecule has 26 heavy (non-hydrogen) atoms. The van der Waals surface area contributed by atoms with Crippen LogP contribution in [0.2, 0.25) is 0 Å². The quantitative estimate of drug-likeness (QED) is 0.799. The van der Waals surface area contributed by atoms with Gasteiger partial charge in [-0.2, -0.15) is 13.5 Å². The molecule has 0 saturated carbocycles. The molecule has 0 aliphatic carbocycles. The van der Waals surface area contributed by atoms with Crippen molar-refractivity contribution in [3.05, 3.63) is 30.3 Å². The number of phenols is 1. The molecule has 0 atom stereocenters. The molecule has 1 aliphatic rings. The van der Waals surface area contributed by atoms with Crippen LogP contribution in [0.5, 0.6) is 5.75 Å². The first kappa shape index (κ1) is 18.0. The number of nitrogens with zero attached hydrogens (tertiary/aromatic N) is 3. The molecular weight excluding hydrogens is 377 g/mol. The molecule has 140 valence electrons. The zero-order chi connectivity index (χ0) is 19.1. The molecule has 2 aromatic rings. The summed E-state index contributed by atoms with van der Waals surface area (Å²) in [5.41, 5.74) is -0.578. The third-order valence-electron chi connectivity index (χ3n) is 3.69. The summed E-state index contributed by atoms with van der Waals surface area (Å²) in [5.74, 6) is -2.62. The number of hydrogen-bond donors (Lipinski definition) is 2. The number of nitrogens with one attached hydrogen (secondary N) is 1. The molecule has 1 aliphatic heterocycles. The Labute approximate surface area is 146 Å². The average Bonchev–Trinajstić information content (AvgIpc) is 3.09. The molecule has 0 radical (unpaired) electrons. The number of amides is 1. The first-order chi connectivity index (χ1) is 12.2. The maximum atomic E-state index is 14.9. The van der Waals surface area contributed by atoms with E-state index in [0.29, 0.717) is 4.31 Å². The van der Waals surface area contributed by atoms with Gasteiger partial charge in [0.2, 0.25) is 6.43 Å². The molecular formula is C14H13F3N4O4S. The summed E-state index contributed by atoms with van der Waals surface area (Å²) in [6.45, 7) is -0.757. The molecule has 1 aromatic heterocycles. The van der Waals surface area contributed by atoms with Crippen LogP contribution in [0, 0.1) is 5.82 Å². The number of carbonyl (C=O) groups is 1. The van der Waals surface area contributed by atoms with Gasteiger partial charge in [-0.15, -0.1) is 0 Å². The van der Waals surface area contributed by atoms with Gasteiger partial charge in [-0.3, -0.25) is 9.48 Å². The lowest BCUT2D eigenvalue weighted by Crippen LogP contribution is -2.30. The van der Waals surface area contributed by atoms with E-state index in [1.54, 1.807) is 4.72 Å². The minimum atomic E-state index is -4.32. The number of hydrogen-bond acceptors (Lipinski definition) is 5. The number of aromatic nitrogens is 2.